The van der Waals surface area contributed by atoms with Crippen molar-refractivity contribution in [3.63, 3.8) is 0 Å². The molecule has 534 valence electrons. The molecule has 0 aliphatic rings. The van der Waals surface area contributed by atoms with Gasteiger partial charge in [-0.1, -0.05) is 317 Å². The number of phosphoric ester groups is 2. The second-order valence-electron chi connectivity index (χ2n) is 26.1. The number of phosphoric acid groups is 2. The predicted octanol–water partition coefficient (Wildman–Crippen LogP) is 20.5. The fraction of sp³-hybridized carbons (Fsp3) is 0.944. The number of aliphatic hydroxyl groups is 1. The number of aliphatic hydroxyl groups excluding tert-OH is 1. The quantitative estimate of drug-likeness (QED) is 0.0222. The van der Waals surface area contributed by atoms with E-state index in [1.54, 1.807) is 0 Å². The minimum absolute atomic E-state index is 0.107. The van der Waals surface area contributed by atoms with Gasteiger partial charge < -0.3 is 33.8 Å². The zero-order valence-electron chi connectivity index (χ0n) is 58.3. The van der Waals surface area contributed by atoms with Crippen molar-refractivity contribution < 1.29 is 80.2 Å². The van der Waals surface area contributed by atoms with Gasteiger partial charge in [0.2, 0.25) is 0 Å². The molecule has 17 nitrogen and oxygen atoms in total. The van der Waals surface area contributed by atoms with E-state index in [1.165, 1.54) is 186 Å². The highest BCUT2D eigenvalue weighted by molar-refractivity contribution is 7.47. The van der Waals surface area contributed by atoms with E-state index >= 15 is 0 Å². The maximum atomic E-state index is 13.0. The van der Waals surface area contributed by atoms with Crippen LogP contribution < -0.4 is 0 Å². The first kappa shape index (κ1) is 88.1. The maximum Gasteiger partial charge on any atom is 0.472 e. The van der Waals surface area contributed by atoms with Gasteiger partial charge in [0, 0.05) is 25.7 Å². The summed E-state index contributed by atoms with van der Waals surface area (Å²) < 4.78 is 68.3. The van der Waals surface area contributed by atoms with Crippen LogP contribution in [-0.4, -0.2) is 96.7 Å². The standard InChI is InChI=1S/C71H138O17P2/c1-6-9-12-15-18-21-23-31-35-40-45-50-55-69(74)82-61-67(88-71(76)57-52-47-42-37-33-29-27-25-26-28-30-34-38-43-48-53-64(4)5)63-86-90(79,80)84-59-65(72)58-83-89(77,78)85-62-66(60-81-68(73)54-49-44-39-20-17-14-11-8-3)87-70(75)56-51-46-41-36-32-24-22-19-16-13-10-7-2/h64-67,72H,6-63H2,1-5H3,(H,77,78)(H,79,80)/t65-,66+,67+/m0/s1. The van der Waals surface area contributed by atoms with Gasteiger partial charge in [-0.3, -0.25) is 37.3 Å². The van der Waals surface area contributed by atoms with Crippen molar-refractivity contribution in [1.82, 2.24) is 0 Å². The molecular formula is C71H138O17P2. The molecule has 19 heteroatoms. The molecule has 0 aromatic rings. The normalized spacial score (nSPS) is 14.1. The van der Waals surface area contributed by atoms with Crippen molar-refractivity contribution in [1.29, 1.82) is 0 Å². The summed E-state index contributed by atoms with van der Waals surface area (Å²) in [5.74, 6) is -1.32. The second kappa shape index (κ2) is 64.4. The van der Waals surface area contributed by atoms with E-state index in [0.717, 1.165) is 102 Å². The summed E-state index contributed by atoms with van der Waals surface area (Å²) in [5, 5.41) is 10.6. The molecule has 0 saturated carbocycles. The molecule has 0 heterocycles. The van der Waals surface area contributed by atoms with E-state index in [-0.39, 0.29) is 25.7 Å². The lowest BCUT2D eigenvalue weighted by Gasteiger charge is -2.21. The molecule has 0 aliphatic heterocycles. The summed E-state index contributed by atoms with van der Waals surface area (Å²) in [5.41, 5.74) is 0. The van der Waals surface area contributed by atoms with Gasteiger partial charge >= 0.3 is 39.5 Å². The van der Waals surface area contributed by atoms with Crippen LogP contribution in [0.15, 0.2) is 0 Å². The first-order valence-electron chi connectivity index (χ1n) is 37.1. The highest BCUT2D eigenvalue weighted by atomic mass is 31.2. The van der Waals surface area contributed by atoms with Crippen molar-refractivity contribution in [2.75, 3.05) is 39.6 Å². The van der Waals surface area contributed by atoms with Gasteiger partial charge in [-0.05, 0) is 31.6 Å². The summed E-state index contributed by atoms with van der Waals surface area (Å²) in [6, 6.07) is 0. The molecule has 0 aromatic heterocycles. The third-order valence-corrected chi connectivity index (χ3v) is 18.4. The van der Waals surface area contributed by atoms with E-state index in [2.05, 4.69) is 34.6 Å². The third kappa shape index (κ3) is 64.8. The van der Waals surface area contributed by atoms with Crippen LogP contribution in [0.5, 0.6) is 0 Å². The van der Waals surface area contributed by atoms with Gasteiger partial charge in [0.1, 0.15) is 19.3 Å². The monoisotopic (exact) mass is 1320 g/mol. The summed E-state index contributed by atoms with van der Waals surface area (Å²) in [6.45, 7) is 7.26. The van der Waals surface area contributed by atoms with Crippen LogP contribution >= 0.6 is 15.6 Å². The van der Waals surface area contributed by atoms with Crippen LogP contribution in [0, 0.1) is 5.92 Å². The average molecular weight is 1330 g/mol. The molecule has 0 amide bonds. The Bertz CT molecular complexity index is 1740. The molecule has 0 bridgehead atoms. The lowest BCUT2D eigenvalue weighted by Crippen LogP contribution is -2.30. The molecule has 5 atom stereocenters. The molecule has 3 N–H and O–H groups in total. The molecular weight excluding hydrogens is 1190 g/mol. The Labute approximate surface area is 549 Å². The van der Waals surface area contributed by atoms with Crippen LogP contribution in [0.3, 0.4) is 0 Å². The Kier molecular flexibility index (Phi) is 63.0. The number of ether oxygens (including phenoxy) is 4. The maximum absolute atomic E-state index is 13.0. The number of esters is 4. The van der Waals surface area contributed by atoms with Crippen molar-refractivity contribution >= 4 is 39.5 Å². The fourth-order valence-electron chi connectivity index (χ4n) is 10.8. The minimum atomic E-state index is -4.95. The molecule has 0 aliphatic carbocycles. The van der Waals surface area contributed by atoms with E-state index in [9.17, 15) is 43.2 Å². The van der Waals surface area contributed by atoms with Gasteiger partial charge in [0.15, 0.2) is 12.2 Å². The first-order valence-corrected chi connectivity index (χ1v) is 40.1. The molecule has 0 aromatic carbocycles. The zero-order chi connectivity index (χ0) is 66.3. The van der Waals surface area contributed by atoms with Crippen molar-refractivity contribution in [3.05, 3.63) is 0 Å². The van der Waals surface area contributed by atoms with Gasteiger partial charge in [0.05, 0.1) is 26.4 Å². The SMILES string of the molecule is CCCCCCCCCCCCCCC(=O)OC[C@H](COP(=O)(O)OC[C@@H](O)COP(=O)(O)OC[C@@H](COC(=O)CCCCCCCCCC)OC(=O)CCCCCCCCCCCCCC)OC(=O)CCCCCCCCCCCCCCCCCC(C)C. The zero-order valence-corrected chi connectivity index (χ0v) is 60.1. The number of carbonyl (C=O) groups is 4. The Hall–Kier alpha value is -1.94. The Morgan fingerprint density at radius 2 is 0.511 bits per heavy atom. The largest absolute Gasteiger partial charge is 0.472 e. The summed E-state index contributed by atoms with van der Waals surface area (Å²) in [4.78, 5) is 72.5. The summed E-state index contributed by atoms with van der Waals surface area (Å²) in [7, 11) is -9.90. The number of hydrogen-bond acceptors (Lipinski definition) is 15. The summed E-state index contributed by atoms with van der Waals surface area (Å²) in [6.07, 6.45) is 51.3. The van der Waals surface area contributed by atoms with Crippen molar-refractivity contribution in [2.45, 2.75) is 387 Å². The van der Waals surface area contributed by atoms with Gasteiger partial charge in [-0.2, -0.15) is 0 Å². The minimum Gasteiger partial charge on any atom is -0.462 e. The van der Waals surface area contributed by atoms with Gasteiger partial charge in [-0.25, -0.2) is 9.13 Å². The van der Waals surface area contributed by atoms with E-state index in [0.29, 0.717) is 25.7 Å². The first-order chi connectivity index (χ1) is 43.5. The topological polar surface area (TPSA) is 237 Å². The van der Waals surface area contributed by atoms with Crippen molar-refractivity contribution in [3.8, 4) is 0 Å². The van der Waals surface area contributed by atoms with Gasteiger partial charge in [0.25, 0.3) is 0 Å². The summed E-state index contributed by atoms with van der Waals surface area (Å²) >= 11 is 0. The van der Waals surface area contributed by atoms with Crippen molar-refractivity contribution in [2.24, 2.45) is 5.92 Å². The molecule has 0 rings (SSSR count). The average Bonchev–Trinajstić information content (AvgIpc) is 3.04. The number of unbranched alkanes of at least 4 members (excludes halogenated alkanes) is 43. The molecule has 0 saturated heterocycles. The highest BCUT2D eigenvalue weighted by Crippen LogP contribution is 2.45. The molecule has 90 heavy (non-hydrogen) atoms. The van der Waals surface area contributed by atoms with Crippen LogP contribution in [0.1, 0.15) is 369 Å². The molecule has 2 unspecified atom stereocenters. The Morgan fingerprint density at radius 3 is 0.756 bits per heavy atom. The number of carbonyl (C=O) groups excluding carboxylic acids is 4. The Morgan fingerprint density at radius 1 is 0.300 bits per heavy atom. The predicted molar refractivity (Wildman–Crippen MR) is 363 cm³/mol. The lowest BCUT2D eigenvalue weighted by molar-refractivity contribution is -0.161. The third-order valence-electron chi connectivity index (χ3n) is 16.5. The van der Waals surface area contributed by atoms with Crippen LogP contribution in [-0.2, 0) is 65.4 Å². The number of hydrogen-bond donors (Lipinski definition) is 3. The lowest BCUT2D eigenvalue weighted by atomic mass is 10.0. The molecule has 0 fully saturated rings. The highest BCUT2D eigenvalue weighted by Gasteiger charge is 2.30. The van der Waals surface area contributed by atoms with Crippen LogP contribution in [0.4, 0.5) is 0 Å². The van der Waals surface area contributed by atoms with Gasteiger partial charge in [-0.15, -0.1) is 0 Å². The molecule has 0 spiro atoms. The van der Waals surface area contributed by atoms with E-state index in [1.807, 2.05) is 0 Å². The smallest absolute Gasteiger partial charge is 0.462 e. The van der Waals surface area contributed by atoms with E-state index in [4.69, 9.17) is 37.0 Å². The number of rotatable bonds is 71. The fourth-order valence-corrected chi connectivity index (χ4v) is 12.4. The molecule has 0 radical (unpaired) electrons. The van der Waals surface area contributed by atoms with E-state index < -0.39 is 97.5 Å². The Balaban J connectivity index is 5.20. The van der Waals surface area contributed by atoms with Crippen LogP contribution in [0.25, 0.3) is 0 Å². The second-order valence-corrected chi connectivity index (χ2v) is 29.0. The van der Waals surface area contributed by atoms with Crippen LogP contribution in [0.2, 0.25) is 0 Å².